The number of amides is 2. The average Bonchev–Trinajstić information content (AvgIpc) is 3.29. The molecule has 1 aliphatic rings. The Balaban J connectivity index is 1.51. The Bertz CT molecular complexity index is 942. The first-order valence-electron chi connectivity index (χ1n) is 9.93. The van der Waals surface area contributed by atoms with Crippen LogP contribution in [0.5, 0.6) is 0 Å². The van der Waals surface area contributed by atoms with Crippen molar-refractivity contribution in [2.75, 3.05) is 19.6 Å². The van der Waals surface area contributed by atoms with Crippen molar-refractivity contribution in [2.24, 2.45) is 0 Å². The summed E-state index contributed by atoms with van der Waals surface area (Å²) < 4.78 is 1.83. The maximum absolute atomic E-state index is 12.5. The van der Waals surface area contributed by atoms with Crippen LogP contribution in [-0.4, -0.2) is 57.3 Å². The Morgan fingerprint density at radius 1 is 1.38 bits per heavy atom. The minimum absolute atomic E-state index is 0.000203. The molecular weight excluding hydrogens is 368 g/mol. The largest absolute Gasteiger partial charge is 0.350 e. The second-order valence-corrected chi connectivity index (χ2v) is 8.29. The summed E-state index contributed by atoms with van der Waals surface area (Å²) in [6, 6.07) is 4.14. The van der Waals surface area contributed by atoms with Crippen molar-refractivity contribution in [1.82, 2.24) is 24.9 Å². The highest BCUT2D eigenvalue weighted by Crippen LogP contribution is 2.19. The smallest absolute Gasteiger partial charge is 0.254 e. The molecule has 1 atom stereocenters. The molecule has 2 aromatic heterocycles. The molecule has 154 valence electrons. The lowest BCUT2D eigenvalue weighted by molar-refractivity contribution is -0.131. The van der Waals surface area contributed by atoms with Gasteiger partial charge in [-0.25, -0.2) is 4.98 Å². The molecule has 2 amide bonds. The van der Waals surface area contributed by atoms with Crippen LogP contribution in [0.2, 0.25) is 0 Å². The minimum Gasteiger partial charge on any atom is -0.350 e. The maximum atomic E-state index is 12.5. The van der Waals surface area contributed by atoms with Gasteiger partial charge < -0.3 is 19.9 Å². The fraction of sp³-hybridized carbons (Fsp3) is 0.524. The summed E-state index contributed by atoms with van der Waals surface area (Å²) >= 11 is 0. The molecule has 0 saturated carbocycles. The van der Waals surface area contributed by atoms with Gasteiger partial charge in [0.1, 0.15) is 5.65 Å². The molecule has 0 aliphatic carbocycles. The molecule has 3 heterocycles. The van der Waals surface area contributed by atoms with Crippen molar-refractivity contribution >= 4 is 17.5 Å². The number of hydrogen-bond acceptors (Lipinski definition) is 5. The molecule has 0 spiro atoms. The van der Waals surface area contributed by atoms with Crippen LogP contribution >= 0.6 is 0 Å². The van der Waals surface area contributed by atoms with Gasteiger partial charge in [-0.1, -0.05) is 0 Å². The molecule has 0 unspecified atom stereocenters. The van der Waals surface area contributed by atoms with E-state index >= 15 is 0 Å². The van der Waals surface area contributed by atoms with Crippen LogP contribution in [0.3, 0.4) is 0 Å². The number of fused-ring (bicyclic) bond motifs is 1. The van der Waals surface area contributed by atoms with E-state index in [2.05, 4.69) is 21.7 Å². The van der Waals surface area contributed by atoms with E-state index in [4.69, 9.17) is 5.26 Å². The molecule has 0 bridgehead atoms. The lowest BCUT2D eigenvalue weighted by Gasteiger charge is -2.29. The molecule has 29 heavy (non-hydrogen) atoms. The molecule has 1 aliphatic heterocycles. The van der Waals surface area contributed by atoms with Gasteiger partial charge in [-0.2, -0.15) is 5.26 Å². The second-order valence-electron chi connectivity index (χ2n) is 8.29. The molecular formula is C21H28N6O2. The van der Waals surface area contributed by atoms with Crippen molar-refractivity contribution in [2.45, 2.75) is 51.6 Å². The Hall–Kier alpha value is -2.92. The van der Waals surface area contributed by atoms with Crippen molar-refractivity contribution < 1.29 is 9.59 Å². The molecule has 2 N–H and O–H groups in total. The maximum Gasteiger partial charge on any atom is 0.254 e. The minimum atomic E-state index is -0.461. The summed E-state index contributed by atoms with van der Waals surface area (Å²) in [4.78, 5) is 31.1. The van der Waals surface area contributed by atoms with Crippen molar-refractivity contribution in [3.63, 3.8) is 0 Å². The van der Waals surface area contributed by atoms with E-state index in [-0.39, 0.29) is 24.4 Å². The van der Waals surface area contributed by atoms with E-state index in [0.29, 0.717) is 25.1 Å². The summed E-state index contributed by atoms with van der Waals surface area (Å²) in [6.45, 7) is 7.11. The predicted molar refractivity (Wildman–Crippen MR) is 109 cm³/mol. The lowest BCUT2D eigenvalue weighted by atomic mass is 10.1. The number of nitrogens with one attached hydrogen (secondary N) is 2. The van der Waals surface area contributed by atoms with E-state index in [9.17, 15) is 9.59 Å². The quantitative estimate of drug-likeness (QED) is 0.741. The van der Waals surface area contributed by atoms with Crippen LogP contribution in [0.25, 0.3) is 5.65 Å². The second kappa shape index (κ2) is 8.62. The van der Waals surface area contributed by atoms with E-state index in [1.807, 2.05) is 37.4 Å². The molecule has 3 rings (SSSR count). The van der Waals surface area contributed by atoms with Crippen LogP contribution in [0.1, 0.15) is 49.0 Å². The number of likely N-dealkylation sites (tertiary alicyclic amines) is 1. The third kappa shape index (κ3) is 5.12. The monoisotopic (exact) mass is 396 g/mol. The van der Waals surface area contributed by atoms with Gasteiger partial charge in [-0.15, -0.1) is 0 Å². The zero-order valence-corrected chi connectivity index (χ0v) is 17.2. The number of rotatable bonds is 7. The molecule has 8 nitrogen and oxygen atoms in total. The third-order valence-electron chi connectivity index (χ3n) is 5.27. The van der Waals surface area contributed by atoms with E-state index in [0.717, 1.165) is 24.1 Å². The highest BCUT2D eigenvalue weighted by atomic mass is 16.2. The summed E-state index contributed by atoms with van der Waals surface area (Å²) in [6.07, 6.45) is 7.46. The van der Waals surface area contributed by atoms with E-state index < -0.39 is 5.54 Å². The highest BCUT2D eigenvalue weighted by Gasteiger charge is 2.29. The fourth-order valence-electron chi connectivity index (χ4n) is 3.61. The number of nitriles is 1. The van der Waals surface area contributed by atoms with Gasteiger partial charge in [0.15, 0.2) is 0 Å². The summed E-state index contributed by atoms with van der Waals surface area (Å²) in [5, 5.41) is 15.0. The molecule has 0 aromatic carbocycles. The van der Waals surface area contributed by atoms with Crippen molar-refractivity contribution in [3.05, 3.63) is 35.8 Å². The first-order valence-corrected chi connectivity index (χ1v) is 9.93. The highest BCUT2D eigenvalue weighted by molar-refractivity contribution is 5.93. The van der Waals surface area contributed by atoms with Gasteiger partial charge in [0.25, 0.3) is 5.91 Å². The average molecular weight is 396 g/mol. The van der Waals surface area contributed by atoms with Gasteiger partial charge in [-0.3, -0.25) is 9.59 Å². The zero-order chi connectivity index (χ0) is 21.0. The summed E-state index contributed by atoms with van der Waals surface area (Å²) in [5.74, 6) is -0.208. The van der Waals surface area contributed by atoms with Crippen molar-refractivity contribution in [3.8, 4) is 6.07 Å². The predicted octanol–water partition coefficient (Wildman–Crippen LogP) is 1.65. The third-order valence-corrected chi connectivity index (χ3v) is 5.27. The van der Waals surface area contributed by atoms with Gasteiger partial charge >= 0.3 is 0 Å². The number of carbonyl (C=O) groups is 2. The van der Waals surface area contributed by atoms with Crippen molar-refractivity contribution in [1.29, 1.82) is 5.26 Å². The molecule has 2 aromatic rings. The van der Waals surface area contributed by atoms with Gasteiger partial charge in [0, 0.05) is 43.3 Å². The Morgan fingerprint density at radius 3 is 2.93 bits per heavy atom. The Labute approximate surface area is 170 Å². The van der Waals surface area contributed by atoms with Gasteiger partial charge in [0.05, 0.1) is 24.6 Å². The number of carbonyl (C=O) groups excluding carboxylic acids is 2. The van der Waals surface area contributed by atoms with Crippen LogP contribution in [0.15, 0.2) is 24.7 Å². The fourth-order valence-corrected chi connectivity index (χ4v) is 3.61. The summed E-state index contributed by atoms with van der Waals surface area (Å²) in [5.41, 5.74) is 1.91. The Morgan fingerprint density at radius 2 is 2.17 bits per heavy atom. The topological polar surface area (TPSA) is 103 Å². The molecule has 8 heteroatoms. The first kappa shape index (κ1) is 20.8. The molecule has 1 fully saturated rings. The van der Waals surface area contributed by atoms with E-state index in [1.165, 1.54) is 0 Å². The van der Waals surface area contributed by atoms with Gasteiger partial charge in [-0.05, 0) is 45.2 Å². The number of aromatic nitrogens is 2. The van der Waals surface area contributed by atoms with Crippen LogP contribution in [0, 0.1) is 18.3 Å². The molecule has 0 radical (unpaired) electrons. The van der Waals surface area contributed by atoms with Crippen LogP contribution in [-0.2, 0) is 4.79 Å². The van der Waals surface area contributed by atoms with Crippen LogP contribution < -0.4 is 10.6 Å². The van der Waals surface area contributed by atoms with E-state index in [1.54, 1.807) is 17.3 Å². The first-order chi connectivity index (χ1) is 13.8. The SMILES string of the molecule is Cc1cc2ncc(C(=O)NCC(C)(C)NCC(=O)N3CCC[C@H]3CC#N)cn2c1. The molecule has 1 saturated heterocycles. The summed E-state index contributed by atoms with van der Waals surface area (Å²) in [7, 11) is 0. The number of nitrogens with zero attached hydrogens (tertiary/aromatic N) is 4. The normalized spacial score (nSPS) is 16.8. The van der Waals surface area contributed by atoms with Gasteiger partial charge in [0.2, 0.25) is 5.91 Å². The lowest BCUT2D eigenvalue weighted by Crippen LogP contribution is -2.52. The van der Waals surface area contributed by atoms with Crippen LogP contribution in [0.4, 0.5) is 0 Å². The Kier molecular flexibility index (Phi) is 6.18. The standard InChI is InChI=1S/C21H28N6O2/c1-15-9-18-23-10-16(13-26(18)12-15)20(29)24-14-21(2,3)25-11-19(28)27-8-4-5-17(27)6-7-22/h9-10,12-13,17,25H,4-6,8,11,14H2,1-3H3,(H,24,29)/t17-/m0/s1. The number of hydrogen-bond donors (Lipinski definition) is 2. The number of aryl methyl sites for hydroxylation is 1. The zero-order valence-electron chi connectivity index (χ0n) is 17.2.